The van der Waals surface area contributed by atoms with Gasteiger partial charge in [-0.25, -0.2) is 12.4 Å². The molecule has 0 N–H and O–H groups in total. The van der Waals surface area contributed by atoms with E-state index in [4.69, 9.17) is 0 Å². The number of aromatic nitrogens is 2. The molecule has 5 rings (SSSR count). The zero-order chi connectivity index (χ0) is 18.4. The van der Waals surface area contributed by atoms with Crippen molar-refractivity contribution in [1.82, 2.24) is 13.9 Å². The summed E-state index contributed by atoms with van der Waals surface area (Å²) in [5, 5.41) is 0.898. The predicted molar refractivity (Wildman–Crippen MR) is 106 cm³/mol. The van der Waals surface area contributed by atoms with Gasteiger partial charge in [0.2, 0.25) is 0 Å². The fraction of sp³-hybridized carbons (Fsp3) is 0.286. The van der Waals surface area contributed by atoms with Crippen LogP contribution in [0.15, 0.2) is 66.0 Å². The fourth-order valence-corrected chi connectivity index (χ4v) is 5.75. The first-order valence-corrected chi connectivity index (χ1v) is 10.8. The number of pyridine rings is 1. The van der Waals surface area contributed by atoms with Gasteiger partial charge in [0.15, 0.2) is 0 Å². The van der Waals surface area contributed by atoms with E-state index < -0.39 is 10.0 Å². The second-order valence-corrected chi connectivity index (χ2v) is 9.09. The van der Waals surface area contributed by atoms with Crippen molar-refractivity contribution in [3.05, 3.63) is 66.6 Å². The summed E-state index contributed by atoms with van der Waals surface area (Å²) >= 11 is 0. The van der Waals surface area contributed by atoms with E-state index in [1.807, 2.05) is 6.07 Å². The van der Waals surface area contributed by atoms with E-state index in [9.17, 15) is 8.42 Å². The van der Waals surface area contributed by atoms with Gasteiger partial charge in [0.1, 0.15) is 0 Å². The summed E-state index contributed by atoms with van der Waals surface area (Å²) in [7, 11) is -3.65. The molecular formula is C21H21N3O2S. The highest BCUT2D eigenvalue weighted by Crippen LogP contribution is 2.36. The van der Waals surface area contributed by atoms with Gasteiger partial charge in [0, 0.05) is 42.1 Å². The number of hydrogen-bond donors (Lipinski definition) is 0. The molecule has 0 bridgehead atoms. The minimum absolute atomic E-state index is 0.296. The Morgan fingerprint density at radius 3 is 2.81 bits per heavy atom. The Morgan fingerprint density at radius 2 is 1.96 bits per heavy atom. The topological polar surface area (TPSA) is 55.2 Å². The van der Waals surface area contributed by atoms with Crippen molar-refractivity contribution in [1.29, 1.82) is 0 Å². The lowest BCUT2D eigenvalue weighted by Crippen LogP contribution is -2.32. The number of hydrogen-bond acceptors (Lipinski definition) is 4. The van der Waals surface area contributed by atoms with Crippen molar-refractivity contribution in [3.8, 4) is 0 Å². The molecule has 5 nitrogen and oxygen atoms in total. The molecule has 0 amide bonds. The van der Waals surface area contributed by atoms with Crippen molar-refractivity contribution < 1.29 is 8.42 Å². The Bertz CT molecular complexity index is 1130. The van der Waals surface area contributed by atoms with E-state index in [1.54, 1.807) is 48.9 Å². The van der Waals surface area contributed by atoms with Crippen LogP contribution in [0.25, 0.3) is 16.5 Å². The second kappa shape index (κ2) is 6.32. The predicted octanol–water partition coefficient (Wildman–Crippen LogP) is 3.52. The quantitative estimate of drug-likeness (QED) is 0.699. The minimum atomic E-state index is -3.65. The third kappa shape index (κ3) is 2.71. The van der Waals surface area contributed by atoms with Gasteiger partial charge in [-0.15, -0.1) is 0 Å². The molecule has 1 atom stereocenters. The van der Waals surface area contributed by atoms with Crippen LogP contribution in [0.3, 0.4) is 0 Å². The molecule has 2 aliphatic heterocycles. The molecule has 0 spiro atoms. The Kier molecular flexibility index (Phi) is 3.91. The monoisotopic (exact) mass is 379 g/mol. The third-order valence-corrected chi connectivity index (χ3v) is 7.43. The Morgan fingerprint density at radius 1 is 1.11 bits per heavy atom. The first kappa shape index (κ1) is 16.7. The molecule has 4 heterocycles. The maximum Gasteiger partial charge on any atom is 0.268 e. The molecule has 1 aromatic carbocycles. The fourth-order valence-electron chi connectivity index (χ4n) is 4.36. The van der Waals surface area contributed by atoms with E-state index >= 15 is 0 Å². The molecule has 2 aliphatic rings. The van der Waals surface area contributed by atoms with Gasteiger partial charge in [-0.05, 0) is 49.6 Å². The number of nitrogens with zero attached hydrogens (tertiary/aromatic N) is 3. The molecule has 138 valence electrons. The van der Waals surface area contributed by atoms with E-state index in [2.05, 4.69) is 16.0 Å². The van der Waals surface area contributed by atoms with Gasteiger partial charge in [0.25, 0.3) is 10.0 Å². The highest BCUT2D eigenvalue weighted by atomic mass is 32.2. The SMILES string of the molecule is O=S(=O)(c1ccccc1)n1cc(C2=CCN3CCCC3C2)c2cnccc21. The highest BCUT2D eigenvalue weighted by molar-refractivity contribution is 7.90. The number of rotatable bonds is 3. The first-order valence-electron chi connectivity index (χ1n) is 9.34. The lowest BCUT2D eigenvalue weighted by molar-refractivity contribution is 0.275. The molecular weight excluding hydrogens is 358 g/mol. The average Bonchev–Trinajstić information content (AvgIpc) is 3.33. The van der Waals surface area contributed by atoms with Crippen LogP contribution < -0.4 is 0 Å². The molecule has 6 heteroatoms. The van der Waals surface area contributed by atoms with Crippen molar-refractivity contribution >= 4 is 26.5 Å². The largest absolute Gasteiger partial charge is 0.296 e. The normalized spacial score (nSPS) is 20.6. The summed E-state index contributed by atoms with van der Waals surface area (Å²) in [6, 6.07) is 11.0. The van der Waals surface area contributed by atoms with Crippen molar-refractivity contribution in [2.24, 2.45) is 0 Å². The summed E-state index contributed by atoms with van der Waals surface area (Å²) in [5.74, 6) is 0. The number of benzene rings is 1. The van der Waals surface area contributed by atoms with Crippen LogP contribution in [0.5, 0.6) is 0 Å². The highest BCUT2D eigenvalue weighted by Gasteiger charge is 2.30. The lowest BCUT2D eigenvalue weighted by atomic mass is 9.94. The van der Waals surface area contributed by atoms with Crippen LogP contribution in [-0.4, -0.2) is 41.4 Å². The Balaban J connectivity index is 1.66. The molecule has 1 saturated heterocycles. The minimum Gasteiger partial charge on any atom is -0.296 e. The molecule has 0 radical (unpaired) electrons. The summed E-state index contributed by atoms with van der Waals surface area (Å²) in [5.41, 5.74) is 2.90. The third-order valence-electron chi connectivity index (χ3n) is 5.74. The van der Waals surface area contributed by atoms with Crippen LogP contribution in [0.4, 0.5) is 0 Å². The molecule has 1 fully saturated rings. The van der Waals surface area contributed by atoms with E-state index in [-0.39, 0.29) is 0 Å². The summed E-state index contributed by atoms with van der Waals surface area (Å²) in [4.78, 5) is 7.07. The molecule has 27 heavy (non-hydrogen) atoms. The van der Waals surface area contributed by atoms with Gasteiger partial charge >= 0.3 is 0 Å². The molecule has 0 saturated carbocycles. The average molecular weight is 379 g/mol. The van der Waals surface area contributed by atoms with Crippen LogP contribution in [-0.2, 0) is 10.0 Å². The zero-order valence-corrected chi connectivity index (χ0v) is 15.8. The molecule has 1 unspecified atom stereocenters. The molecule has 3 aromatic rings. The number of fused-ring (bicyclic) bond motifs is 2. The zero-order valence-electron chi connectivity index (χ0n) is 15.0. The standard InChI is InChI=1S/C21H21N3O2S/c25-27(26,18-6-2-1-3-7-18)24-15-20(19-14-22-10-8-21(19)24)16-9-12-23-11-4-5-17(23)13-16/h1-3,6-10,14-15,17H,4-5,11-13H2. The van der Waals surface area contributed by atoms with Crippen LogP contribution >= 0.6 is 0 Å². The van der Waals surface area contributed by atoms with Gasteiger partial charge < -0.3 is 0 Å². The smallest absolute Gasteiger partial charge is 0.268 e. The van der Waals surface area contributed by atoms with Gasteiger partial charge in [0.05, 0.1) is 10.4 Å². The van der Waals surface area contributed by atoms with Crippen molar-refractivity contribution in [2.45, 2.75) is 30.2 Å². The lowest BCUT2D eigenvalue weighted by Gasteiger charge is -2.29. The molecule has 2 aromatic heterocycles. The summed E-state index contributed by atoms with van der Waals surface area (Å²) in [6.45, 7) is 2.11. The Labute approximate surface area is 159 Å². The van der Waals surface area contributed by atoms with Gasteiger partial charge in [-0.2, -0.15) is 0 Å². The van der Waals surface area contributed by atoms with Gasteiger partial charge in [-0.1, -0.05) is 24.3 Å². The summed E-state index contributed by atoms with van der Waals surface area (Å²) in [6.07, 6.45) is 10.9. The van der Waals surface area contributed by atoms with Crippen LogP contribution in [0.2, 0.25) is 0 Å². The van der Waals surface area contributed by atoms with Crippen LogP contribution in [0, 0.1) is 0 Å². The van der Waals surface area contributed by atoms with Crippen molar-refractivity contribution in [3.63, 3.8) is 0 Å². The van der Waals surface area contributed by atoms with E-state index in [0.717, 1.165) is 23.9 Å². The Hall–Kier alpha value is -2.44. The second-order valence-electron chi connectivity index (χ2n) is 7.27. The van der Waals surface area contributed by atoms with Crippen LogP contribution in [0.1, 0.15) is 24.8 Å². The molecule has 0 aliphatic carbocycles. The van der Waals surface area contributed by atoms with Gasteiger partial charge in [-0.3, -0.25) is 9.88 Å². The maximum absolute atomic E-state index is 13.2. The maximum atomic E-state index is 13.2. The first-order chi connectivity index (χ1) is 13.1. The van der Waals surface area contributed by atoms with E-state index in [1.165, 1.54) is 28.9 Å². The van der Waals surface area contributed by atoms with Crippen molar-refractivity contribution in [2.75, 3.05) is 13.1 Å². The van der Waals surface area contributed by atoms with E-state index in [0.29, 0.717) is 16.5 Å². The summed E-state index contributed by atoms with van der Waals surface area (Å²) < 4.78 is 27.9.